The van der Waals surface area contributed by atoms with Gasteiger partial charge >= 0.3 is 6.18 Å². The standard InChI is InChI=1S/C14H22F3N3/c1-20-9-8-19-13(20)7-6-12(18)10-2-4-11(5-3-10)14(15,16)17/h8-12H,2-7,18H2,1H3. The number of nitrogens with zero attached hydrogens (tertiary/aromatic N) is 2. The zero-order valence-corrected chi connectivity index (χ0v) is 11.7. The van der Waals surface area contributed by atoms with Gasteiger partial charge in [-0.25, -0.2) is 4.98 Å². The Balaban J connectivity index is 1.77. The van der Waals surface area contributed by atoms with Crippen molar-refractivity contribution in [3.8, 4) is 0 Å². The van der Waals surface area contributed by atoms with Crippen molar-refractivity contribution in [2.45, 2.75) is 50.7 Å². The second-order valence-corrected chi connectivity index (χ2v) is 5.81. The number of alkyl halides is 3. The molecular formula is C14H22F3N3. The number of halogens is 3. The fourth-order valence-electron chi connectivity index (χ4n) is 3.04. The van der Waals surface area contributed by atoms with E-state index < -0.39 is 12.1 Å². The molecule has 1 atom stereocenters. The topological polar surface area (TPSA) is 43.8 Å². The maximum atomic E-state index is 12.6. The molecule has 1 unspecified atom stereocenters. The summed E-state index contributed by atoms with van der Waals surface area (Å²) in [6.45, 7) is 0. The third kappa shape index (κ3) is 3.75. The summed E-state index contributed by atoms with van der Waals surface area (Å²) in [4.78, 5) is 4.24. The second kappa shape index (κ2) is 6.16. The maximum absolute atomic E-state index is 12.6. The highest BCUT2D eigenvalue weighted by molar-refractivity contribution is 4.93. The summed E-state index contributed by atoms with van der Waals surface area (Å²) >= 11 is 0. The lowest BCUT2D eigenvalue weighted by Gasteiger charge is -2.33. The van der Waals surface area contributed by atoms with E-state index in [0.29, 0.717) is 12.8 Å². The molecule has 114 valence electrons. The first kappa shape index (κ1) is 15.4. The van der Waals surface area contributed by atoms with Crippen LogP contribution >= 0.6 is 0 Å². The highest BCUT2D eigenvalue weighted by atomic mass is 19.4. The molecule has 2 N–H and O–H groups in total. The molecule has 1 aliphatic rings. The quantitative estimate of drug-likeness (QED) is 0.926. The Kier molecular flexibility index (Phi) is 4.73. The van der Waals surface area contributed by atoms with Crippen LogP contribution in [0, 0.1) is 11.8 Å². The molecule has 0 saturated heterocycles. The van der Waals surface area contributed by atoms with Crippen LogP contribution in [0.5, 0.6) is 0 Å². The average molecular weight is 289 g/mol. The van der Waals surface area contributed by atoms with Crippen molar-refractivity contribution in [2.75, 3.05) is 0 Å². The van der Waals surface area contributed by atoms with E-state index in [2.05, 4.69) is 4.98 Å². The van der Waals surface area contributed by atoms with Gasteiger partial charge in [0.1, 0.15) is 5.82 Å². The van der Waals surface area contributed by atoms with Gasteiger partial charge in [-0.3, -0.25) is 0 Å². The van der Waals surface area contributed by atoms with Crippen LogP contribution in [0.2, 0.25) is 0 Å². The molecule has 0 aliphatic heterocycles. The average Bonchev–Trinajstić information content (AvgIpc) is 2.81. The molecule has 1 fully saturated rings. The molecule has 0 aromatic carbocycles. The Morgan fingerprint density at radius 2 is 2.00 bits per heavy atom. The largest absolute Gasteiger partial charge is 0.391 e. The lowest BCUT2D eigenvalue weighted by atomic mass is 9.77. The van der Waals surface area contributed by atoms with Crippen molar-refractivity contribution in [3.05, 3.63) is 18.2 Å². The Hall–Kier alpha value is -1.04. The minimum Gasteiger partial charge on any atom is -0.338 e. The number of aromatic nitrogens is 2. The van der Waals surface area contributed by atoms with Gasteiger partial charge in [0.2, 0.25) is 0 Å². The molecule has 20 heavy (non-hydrogen) atoms. The normalized spacial score (nSPS) is 25.6. The first-order valence-electron chi connectivity index (χ1n) is 7.16. The predicted octanol–water partition coefficient (Wildman–Crippen LogP) is 3.05. The van der Waals surface area contributed by atoms with Gasteiger partial charge in [0.05, 0.1) is 5.92 Å². The highest BCUT2D eigenvalue weighted by Gasteiger charge is 2.42. The van der Waals surface area contributed by atoms with E-state index in [-0.39, 0.29) is 24.8 Å². The van der Waals surface area contributed by atoms with Gasteiger partial charge in [-0.1, -0.05) is 0 Å². The Morgan fingerprint density at radius 3 is 2.50 bits per heavy atom. The fourth-order valence-corrected chi connectivity index (χ4v) is 3.04. The Labute approximate surface area is 117 Å². The van der Waals surface area contributed by atoms with Crippen molar-refractivity contribution in [1.29, 1.82) is 0 Å². The molecule has 1 heterocycles. The van der Waals surface area contributed by atoms with E-state index in [0.717, 1.165) is 18.7 Å². The second-order valence-electron chi connectivity index (χ2n) is 5.81. The van der Waals surface area contributed by atoms with E-state index in [1.807, 2.05) is 17.8 Å². The molecule has 0 spiro atoms. The lowest BCUT2D eigenvalue weighted by molar-refractivity contribution is -0.184. The fraction of sp³-hybridized carbons (Fsp3) is 0.786. The van der Waals surface area contributed by atoms with E-state index in [9.17, 15) is 13.2 Å². The number of rotatable bonds is 4. The first-order chi connectivity index (χ1) is 9.38. The molecule has 1 saturated carbocycles. The molecule has 2 rings (SSSR count). The zero-order valence-electron chi connectivity index (χ0n) is 11.7. The zero-order chi connectivity index (χ0) is 14.8. The third-order valence-electron chi connectivity index (χ3n) is 4.46. The molecule has 1 aliphatic carbocycles. The molecule has 1 aromatic heterocycles. The van der Waals surface area contributed by atoms with Crippen LogP contribution in [-0.4, -0.2) is 21.8 Å². The van der Waals surface area contributed by atoms with E-state index in [4.69, 9.17) is 5.73 Å². The predicted molar refractivity (Wildman–Crippen MR) is 71.0 cm³/mol. The first-order valence-corrected chi connectivity index (χ1v) is 7.16. The van der Waals surface area contributed by atoms with E-state index in [1.165, 1.54) is 0 Å². The van der Waals surface area contributed by atoms with Crippen LogP contribution in [0.25, 0.3) is 0 Å². The molecule has 6 heteroatoms. The summed E-state index contributed by atoms with van der Waals surface area (Å²) < 4.78 is 39.8. The number of hydrogen-bond donors (Lipinski definition) is 1. The van der Waals surface area contributed by atoms with Gasteiger partial charge < -0.3 is 10.3 Å². The van der Waals surface area contributed by atoms with Crippen LogP contribution in [0.4, 0.5) is 13.2 Å². The van der Waals surface area contributed by atoms with Crippen LogP contribution in [0.1, 0.15) is 37.9 Å². The minimum absolute atomic E-state index is 0.0270. The van der Waals surface area contributed by atoms with Crippen molar-refractivity contribution in [3.63, 3.8) is 0 Å². The maximum Gasteiger partial charge on any atom is 0.391 e. The SMILES string of the molecule is Cn1ccnc1CCC(N)C1CCC(C(F)(F)F)CC1. The van der Waals surface area contributed by atoms with Gasteiger partial charge in [0.25, 0.3) is 0 Å². The summed E-state index contributed by atoms with van der Waals surface area (Å²) in [5, 5.41) is 0. The van der Waals surface area contributed by atoms with Gasteiger partial charge in [-0.05, 0) is 38.0 Å². The van der Waals surface area contributed by atoms with Gasteiger partial charge in [-0.15, -0.1) is 0 Å². The summed E-state index contributed by atoms with van der Waals surface area (Å²) in [6, 6.07) is -0.0270. The number of imidazole rings is 1. The Bertz CT molecular complexity index is 420. The molecule has 1 aromatic rings. The molecule has 0 radical (unpaired) electrons. The van der Waals surface area contributed by atoms with Crippen LogP contribution < -0.4 is 5.73 Å². The van der Waals surface area contributed by atoms with E-state index in [1.54, 1.807) is 6.20 Å². The summed E-state index contributed by atoms with van der Waals surface area (Å²) in [6.07, 6.45) is 2.79. The van der Waals surface area contributed by atoms with Gasteiger partial charge in [-0.2, -0.15) is 13.2 Å². The van der Waals surface area contributed by atoms with Crippen molar-refractivity contribution >= 4 is 0 Å². The number of hydrogen-bond acceptors (Lipinski definition) is 2. The summed E-state index contributed by atoms with van der Waals surface area (Å²) in [5.41, 5.74) is 6.15. The highest BCUT2D eigenvalue weighted by Crippen LogP contribution is 2.40. The van der Waals surface area contributed by atoms with Gasteiger partial charge in [0, 0.05) is 31.9 Å². The minimum atomic E-state index is -4.04. The van der Waals surface area contributed by atoms with E-state index >= 15 is 0 Å². The number of nitrogens with two attached hydrogens (primary N) is 1. The van der Waals surface area contributed by atoms with Crippen LogP contribution in [0.3, 0.4) is 0 Å². The lowest BCUT2D eigenvalue weighted by Crippen LogP contribution is -2.36. The van der Waals surface area contributed by atoms with Crippen molar-refractivity contribution in [1.82, 2.24) is 9.55 Å². The van der Waals surface area contributed by atoms with Crippen LogP contribution in [0.15, 0.2) is 12.4 Å². The third-order valence-corrected chi connectivity index (χ3v) is 4.46. The Morgan fingerprint density at radius 1 is 1.35 bits per heavy atom. The van der Waals surface area contributed by atoms with Crippen molar-refractivity contribution in [2.24, 2.45) is 24.6 Å². The molecular weight excluding hydrogens is 267 g/mol. The summed E-state index contributed by atoms with van der Waals surface area (Å²) in [7, 11) is 1.93. The monoisotopic (exact) mass is 289 g/mol. The number of aryl methyl sites for hydroxylation is 2. The van der Waals surface area contributed by atoms with Crippen molar-refractivity contribution < 1.29 is 13.2 Å². The van der Waals surface area contributed by atoms with Gasteiger partial charge in [0.15, 0.2) is 0 Å². The molecule has 0 bridgehead atoms. The smallest absolute Gasteiger partial charge is 0.338 e. The molecule has 3 nitrogen and oxygen atoms in total. The molecule has 0 amide bonds. The summed E-state index contributed by atoms with van der Waals surface area (Å²) in [5.74, 6) is 0.0683. The van der Waals surface area contributed by atoms with Crippen LogP contribution in [-0.2, 0) is 13.5 Å².